The molecule has 2 aromatic rings. The van der Waals surface area contributed by atoms with E-state index in [4.69, 9.17) is 17.0 Å². The summed E-state index contributed by atoms with van der Waals surface area (Å²) in [5, 5.41) is 14.2. The van der Waals surface area contributed by atoms with Crippen molar-refractivity contribution < 1.29 is 4.79 Å². The van der Waals surface area contributed by atoms with Gasteiger partial charge in [0.25, 0.3) is 0 Å². The van der Waals surface area contributed by atoms with Gasteiger partial charge in [-0.1, -0.05) is 24.2 Å². The summed E-state index contributed by atoms with van der Waals surface area (Å²) in [6.07, 6.45) is 5.42. The van der Waals surface area contributed by atoms with Crippen LogP contribution in [0.1, 0.15) is 38.3 Å². The highest BCUT2D eigenvalue weighted by Crippen LogP contribution is 2.29. The minimum Gasteiger partial charge on any atom is -0.323 e. The van der Waals surface area contributed by atoms with Gasteiger partial charge >= 0.3 is 0 Å². The van der Waals surface area contributed by atoms with E-state index in [0.717, 1.165) is 35.1 Å². The fourth-order valence-corrected chi connectivity index (χ4v) is 3.01. The zero-order valence-electron chi connectivity index (χ0n) is 17.0. The van der Waals surface area contributed by atoms with Gasteiger partial charge in [0.15, 0.2) is 0 Å². The van der Waals surface area contributed by atoms with Crippen LogP contribution in [-0.2, 0) is 12.8 Å². The first kappa shape index (κ1) is 23.7. The molecule has 6 heteroatoms. The molecule has 0 amide bonds. The Labute approximate surface area is 172 Å². The lowest BCUT2D eigenvalue weighted by Gasteiger charge is -2.15. The van der Waals surface area contributed by atoms with Crippen molar-refractivity contribution in [2.24, 2.45) is 0 Å². The molecule has 150 valence electrons. The molecule has 0 fully saturated rings. The topological polar surface area (TPSA) is 77.9 Å². The van der Waals surface area contributed by atoms with Crippen LogP contribution >= 0.6 is 11.6 Å². The average molecular weight is 401 g/mol. The number of likely N-dealkylation sites (N-methyl/N-ethyl adjacent to an activating group) is 1. The molecule has 2 rings (SSSR count). The molecular weight excluding hydrogens is 372 g/mol. The van der Waals surface area contributed by atoms with Gasteiger partial charge in [-0.25, -0.2) is 0 Å². The summed E-state index contributed by atoms with van der Waals surface area (Å²) in [5.74, 6) is 0. The van der Waals surface area contributed by atoms with E-state index in [-0.39, 0.29) is 0 Å². The highest BCUT2D eigenvalue weighted by Gasteiger charge is 2.14. The van der Waals surface area contributed by atoms with Crippen LogP contribution in [0.15, 0.2) is 37.1 Å². The summed E-state index contributed by atoms with van der Waals surface area (Å²) < 4.78 is 0. The highest BCUT2D eigenvalue weighted by atomic mass is 35.5. The number of nitrogens with zero attached hydrogens (tertiary/aromatic N) is 1. The van der Waals surface area contributed by atoms with Gasteiger partial charge in [-0.15, -0.1) is 0 Å². The van der Waals surface area contributed by atoms with Crippen LogP contribution in [0.4, 0.5) is 0 Å². The molecule has 3 N–H and O–H groups in total. The molecule has 0 spiro atoms. The number of aldehydes is 1. The number of allylic oxidation sites excluding steroid dienone is 1. The number of nitrogens with one attached hydrogen (secondary N) is 3. The predicted octanol–water partition coefficient (Wildman–Crippen LogP) is 3.60. The number of benzene rings is 1. The third kappa shape index (κ3) is 6.37. The summed E-state index contributed by atoms with van der Waals surface area (Å²) in [6.45, 7) is 6.32. The first-order chi connectivity index (χ1) is 13.4. The van der Waals surface area contributed by atoms with Crippen LogP contribution in [-0.4, -0.2) is 44.7 Å². The lowest BCUT2D eigenvalue weighted by molar-refractivity contribution is 0.112. The lowest BCUT2D eigenvalue weighted by Crippen LogP contribution is -2.13. The number of carbonyl (C=O) groups is 1. The first-order valence-electron chi connectivity index (χ1n) is 9.08. The maximum absolute atomic E-state index is 11.5. The molecule has 0 atom stereocenters. The molecule has 1 heterocycles. The summed E-state index contributed by atoms with van der Waals surface area (Å²) in [6, 6.07) is 5.65. The fourth-order valence-electron chi connectivity index (χ4n) is 2.68. The number of pyridine rings is 1. The van der Waals surface area contributed by atoms with Gasteiger partial charge in [0, 0.05) is 16.8 Å². The van der Waals surface area contributed by atoms with Gasteiger partial charge in [-0.3, -0.25) is 15.2 Å². The average Bonchev–Trinajstić information content (AvgIpc) is 2.71. The van der Waals surface area contributed by atoms with Gasteiger partial charge < -0.3 is 10.6 Å². The maximum Gasteiger partial charge on any atom is 0.150 e. The first-order valence-corrected chi connectivity index (χ1v) is 9.46. The molecule has 0 radical (unpaired) electrons. The molecular formula is C22H29ClN4O. The molecule has 0 aliphatic carbocycles. The second-order valence-electron chi connectivity index (χ2n) is 6.36. The van der Waals surface area contributed by atoms with Crippen molar-refractivity contribution in [2.75, 3.05) is 27.7 Å². The molecule has 0 saturated carbocycles. The number of carbonyl (C=O) groups excluding carboxylic acids is 1. The van der Waals surface area contributed by atoms with Crippen molar-refractivity contribution in [1.29, 1.82) is 5.41 Å². The Morgan fingerprint density at radius 2 is 2.00 bits per heavy atom. The van der Waals surface area contributed by atoms with E-state index in [1.165, 1.54) is 6.08 Å². The smallest absolute Gasteiger partial charge is 0.150 e. The van der Waals surface area contributed by atoms with Crippen LogP contribution in [0.2, 0.25) is 5.02 Å². The Balaban J connectivity index is 0.00000122. The second kappa shape index (κ2) is 12.2. The normalized spacial score (nSPS) is 10.0. The molecule has 5 nitrogen and oxygen atoms in total. The zero-order valence-corrected chi connectivity index (χ0v) is 17.8. The van der Waals surface area contributed by atoms with E-state index >= 15 is 0 Å². The third-order valence-corrected chi connectivity index (χ3v) is 4.72. The summed E-state index contributed by atoms with van der Waals surface area (Å²) in [5.41, 5.74) is 5.40. The van der Waals surface area contributed by atoms with Crippen LogP contribution in [0.5, 0.6) is 0 Å². The Kier molecular flexibility index (Phi) is 10.3. The van der Waals surface area contributed by atoms with Crippen molar-refractivity contribution in [3.8, 4) is 0 Å². The van der Waals surface area contributed by atoms with E-state index in [2.05, 4.69) is 22.2 Å². The molecule has 0 bridgehead atoms. The Hall–Kier alpha value is -2.34. The number of hydrogen-bond donors (Lipinski definition) is 3. The zero-order chi connectivity index (χ0) is 21.1. The standard InChI is InChI=1S/C20H22ClN3O.C2H7N/c1-4-18(22)19-6-5-14(11-24-19)9-15-10-16(12-25)17(7-8-23-3)20(21)13(15)2;1-3-2/h4-6,10-12,22-23H,1,7-9H2,2-3H3;3H,1-2H3. The monoisotopic (exact) mass is 400 g/mol. The highest BCUT2D eigenvalue weighted by molar-refractivity contribution is 6.32. The largest absolute Gasteiger partial charge is 0.323 e. The quantitative estimate of drug-likeness (QED) is 0.467. The van der Waals surface area contributed by atoms with Gasteiger partial charge in [-0.05, 0) is 87.9 Å². The van der Waals surface area contributed by atoms with Crippen LogP contribution in [0.25, 0.3) is 0 Å². The van der Waals surface area contributed by atoms with E-state index < -0.39 is 0 Å². The molecule has 28 heavy (non-hydrogen) atoms. The summed E-state index contributed by atoms with van der Waals surface area (Å²) in [7, 11) is 5.62. The van der Waals surface area contributed by atoms with Crippen molar-refractivity contribution in [1.82, 2.24) is 15.6 Å². The van der Waals surface area contributed by atoms with Crippen LogP contribution < -0.4 is 10.6 Å². The van der Waals surface area contributed by atoms with E-state index in [0.29, 0.717) is 34.8 Å². The Bertz CT molecular complexity index is 816. The van der Waals surface area contributed by atoms with E-state index in [9.17, 15) is 4.79 Å². The molecule has 1 aromatic carbocycles. The molecule has 0 aliphatic heterocycles. The van der Waals surface area contributed by atoms with Crippen molar-refractivity contribution in [2.45, 2.75) is 19.8 Å². The molecule has 0 aliphatic rings. The van der Waals surface area contributed by atoms with E-state index in [1.807, 2.05) is 40.2 Å². The maximum atomic E-state index is 11.5. The number of aromatic nitrogens is 1. The summed E-state index contributed by atoms with van der Waals surface area (Å²) in [4.78, 5) is 15.8. The van der Waals surface area contributed by atoms with Gasteiger partial charge in [0.1, 0.15) is 6.29 Å². The Morgan fingerprint density at radius 3 is 2.50 bits per heavy atom. The second-order valence-corrected chi connectivity index (χ2v) is 6.74. The Morgan fingerprint density at radius 1 is 1.32 bits per heavy atom. The van der Waals surface area contributed by atoms with Gasteiger partial charge in [0.2, 0.25) is 0 Å². The van der Waals surface area contributed by atoms with E-state index in [1.54, 1.807) is 12.3 Å². The fraction of sp³-hybridized carbons (Fsp3) is 0.318. The lowest BCUT2D eigenvalue weighted by atomic mass is 9.94. The number of hydrogen-bond acceptors (Lipinski definition) is 5. The molecule has 1 aromatic heterocycles. The minimum atomic E-state index is 0.294. The summed E-state index contributed by atoms with van der Waals surface area (Å²) >= 11 is 6.53. The third-order valence-electron chi connectivity index (χ3n) is 4.21. The van der Waals surface area contributed by atoms with Crippen molar-refractivity contribution in [3.63, 3.8) is 0 Å². The van der Waals surface area contributed by atoms with Crippen LogP contribution in [0, 0.1) is 12.3 Å². The van der Waals surface area contributed by atoms with Crippen molar-refractivity contribution in [3.05, 3.63) is 75.6 Å². The molecule has 0 saturated heterocycles. The van der Waals surface area contributed by atoms with Gasteiger partial charge in [-0.2, -0.15) is 0 Å². The number of rotatable bonds is 8. The van der Waals surface area contributed by atoms with Crippen LogP contribution in [0.3, 0.4) is 0 Å². The number of halogens is 1. The SMILES string of the molecule is C=CC(=N)c1ccc(Cc2cc(C=O)c(CCNC)c(Cl)c2C)cn1.CNC. The predicted molar refractivity (Wildman–Crippen MR) is 118 cm³/mol. The van der Waals surface area contributed by atoms with Crippen molar-refractivity contribution >= 4 is 23.6 Å². The van der Waals surface area contributed by atoms with Gasteiger partial charge in [0.05, 0.1) is 11.4 Å². The minimum absolute atomic E-state index is 0.294. The molecule has 0 unspecified atom stereocenters.